The van der Waals surface area contributed by atoms with Crippen molar-refractivity contribution < 1.29 is 0 Å². The number of hydrogen-bond acceptors (Lipinski definition) is 3. The van der Waals surface area contributed by atoms with E-state index in [1.807, 2.05) is 37.5 Å². The van der Waals surface area contributed by atoms with Crippen LogP contribution in [0.25, 0.3) is 0 Å². The number of rotatable bonds is 5. The Hall–Kier alpha value is -1.62. The second-order valence-electron chi connectivity index (χ2n) is 4.27. The van der Waals surface area contributed by atoms with Crippen LogP contribution in [0.5, 0.6) is 0 Å². The standard InChI is InChI=1S/C12H19N5/c1-4-14-11(12-7-13-9-16(12)2)5-10-6-15-17(3)8-10/h6-9,11,14H,4-5H2,1-3H3. The van der Waals surface area contributed by atoms with Crippen LogP contribution in [0.15, 0.2) is 24.9 Å². The first-order valence-corrected chi connectivity index (χ1v) is 5.87. The first kappa shape index (κ1) is 11.9. The molecule has 0 aliphatic heterocycles. The lowest BCUT2D eigenvalue weighted by Crippen LogP contribution is -2.24. The molecule has 2 aromatic heterocycles. The monoisotopic (exact) mass is 233 g/mol. The molecule has 0 aliphatic carbocycles. The van der Waals surface area contributed by atoms with E-state index in [4.69, 9.17) is 0 Å². The molecular weight excluding hydrogens is 214 g/mol. The molecule has 5 nitrogen and oxygen atoms in total. The van der Waals surface area contributed by atoms with Gasteiger partial charge < -0.3 is 9.88 Å². The first-order valence-electron chi connectivity index (χ1n) is 5.87. The number of hydrogen-bond donors (Lipinski definition) is 1. The van der Waals surface area contributed by atoms with Crippen molar-refractivity contribution >= 4 is 0 Å². The Balaban J connectivity index is 2.15. The van der Waals surface area contributed by atoms with Crippen molar-refractivity contribution in [2.45, 2.75) is 19.4 Å². The van der Waals surface area contributed by atoms with E-state index in [0.717, 1.165) is 13.0 Å². The normalized spacial score (nSPS) is 12.9. The van der Waals surface area contributed by atoms with Gasteiger partial charge in [0.1, 0.15) is 0 Å². The maximum absolute atomic E-state index is 4.20. The van der Waals surface area contributed by atoms with Gasteiger partial charge in [0.25, 0.3) is 0 Å². The van der Waals surface area contributed by atoms with Crippen LogP contribution >= 0.6 is 0 Å². The highest BCUT2D eigenvalue weighted by Crippen LogP contribution is 2.17. The zero-order valence-electron chi connectivity index (χ0n) is 10.6. The molecule has 0 fully saturated rings. The molecule has 0 bridgehead atoms. The van der Waals surface area contributed by atoms with Crippen molar-refractivity contribution in [3.05, 3.63) is 36.2 Å². The summed E-state index contributed by atoms with van der Waals surface area (Å²) in [6.07, 6.45) is 8.66. The van der Waals surface area contributed by atoms with Crippen molar-refractivity contribution in [1.29, 1.82) is 0 Å². The van der Waals surface area contributed by atoms with E-state index in [2.05, 4.69) is 33.1 Å². The average molecular weight is 233 g/mol. The highest BCUT2D eigenvalue weighted by molar-refractivity contribution is 5.13. The lowest BCUT2D eigenvalue weighted by molar-refractivity contribution is 0.520. The third-order valence-electron chi connectivity index (χ3n) is 2.86. The van der Waals surface area contributed by atoms with Crippen molar-refractivity contribution in [1.82, 2.24) is 24.6 Å². The van der Waals surface area contributed by atoms with Gasteiger partial charge in [0.15, 0.2) is 0 Å². The quantitative estimate of drug-likeness (QED) is 0.839. The third-order valence-corrected chi connectivity index (χ3v) is 2.86. The minimum atomic E-state index is 0.289. The summed E-state index contributed by atoms with van der Waals surface area (Å²) in [5.41, 5.74) is 2.44. The van der Waals surface area contributed by atoms with Crippen LogP contribution in [0.4, 0.5) is 0 Å². The largest absolute Gasteiger partial charge is 0.336 e. The average Bonchev–Trinajstić information content (AvgIpc) is 2.87. The molecule has 2 heterocycles. The van der Waals surface area contributed by atoms with Crippen LogP contribution in [0.3, 0.4) is 0 Å². The maximum Gasteiger partial charge on any atom is 0.0946 e. The lowest BCUT2D eigenvalue weighted by atomic mass is 10.1. The highest BCUT2D eigenvalue weighted by atomic mass is 15.2. The van der Waals surface area contributed by atoms with Gasteiger partial charge in [-0.2, -0.15) is 5.10 Å². The van der Waals surface area contributed by atoms with Gasteiger partial charge in [-0.1, -0.05) is 6.92 Å². The molecule has 1 N–H and O–H groups in total. The summed E-state index contributed by atoms with van der Waals surface area (Å²) in [4.78, 5) is 4.17. The lowest BCUT2D eigenvalue weighted by Gasteiger charge is -2.17. The smallest absolute Gasteiger partial charge is 0.0946 e. The third kappa shape index (κ3) is 2.74. The fourth-order valence-electron chi connectivity index (χ4n) is 2.04. The molecule has 2 rings (SSSR count). The minimum Gasteiger partial charge on any atom is -0.336 e. The molecule has 0 aromatic carbocycles. The molecule has 0 aliphatic rings. The Morgan fingerprint density at radius 3 is 2.71 bits per heavy atom. The number of aryl methyl sites for hydroxylation is 2. The summed E-state index contributed by atoms with van der Waals surface area (Å²) >= 11 is 0. The molecule has 1 unspecified atom stereocenters. The van der Waals surface area contributed by atoms with Crippen LogP contribution in [-0.2, 0) is 20.5 Å². The van der Waals surface area contributed by atoms with Gasteiger partial charge >= 0.3 is 0 Å². The summed E-state index contributed by atoms with van der Waals surface area (Å²) in [6, 6.07) is 0.289. The van der Waals surface area contributed by atoms with Crippen molar-refractivity contribution in [2.24, 2.45) is 14.1 Å². The summed E-state index contributed by atoms with van der Waals surface area (Å²) in [5.74, 6) is 0. The predicted octanol–water partition coefficient (Wildman–Crippen LogP) is 1.05. The van der Waals surface area contributed by atoms with E-state index in [1.54, 1.807) is 0 Å². The van der Waals surface area contributed by atoms with Crippen LogP contribution in [0.1, 0.15) is 24.2 Å². The van der Waals surface area contributed by atoms with E-state index < -0.39 is 0 Å². The molecule has 5 heteroatoms. The zero-order chi connectivity index (χ0) is 12.3. The predicted molar refractivity (Wildman–Crippen MR) is 66.5 cm³/mol. The Labute approximate surface area is 101 Å². The number of likely N-dealkylation sites (N-methyl/N-ethyl adjacent to an activating group) is 1. The molecule has 2 aromatic rings. The van der Waals surface area contributed by atoms with E-state index in [1.165, 1.54) is 11.3 Å². The molecule has 92 valence electrons. The van der Waals surface area contributed by atoms with Gasteiger partial charge in [0.05, 0.1) is 24.3 Å². The van der Waals surface area contributed by atoms with Gasteiger partial charge in [-0.05, 0) is 18.5 Å². The first-order chi connectivity index (χ1) is 8.20. The fourth-order valence-corrected chi connectivity index (χ4v) is 2.04. The number of aromatic nitrogens is 4. The molecule has 0 saturated heterocycles. The second-order valence-corrected chi connectivity index (χ2v) is 4.27. The van der Waals surface area contributed by atoms with Gasteiger partial charge in [0, 0.05) is 26.5 Å². The van der Waals surface area contributed by atoms with E-state index in [0.29, 0.717) is 0 Å². The van der Waals surface area contributed by atoms with Crippen molar-refractivity contribution in [2.75, 3.05) is 6.54 Å². The number of nitrogens with zero attached hydrogens (tertiary/aromatic N) is 4. The fraction of sp³-hybridized carbons (Fsp3) is 0.500. The summed E-state index contributed by atoms with van der Waals surface area (Å²) < 4.78 is 3.89. The second kappa shape index (κ2) is 5.14. The van der Waals surface area contributed by atoms with Crippen LogP contribution in [0, 0.1) is 0 Å². The van der Waals surface area contributed by atoms with Crippen molar-refractivity contribution in [3.8, 4) is 0 Å². The summed E-state index contributed by atoms with van der Waals surface area (Å²) in [7, 11) is 3.96. The Bertz CT molecular complexity index is 471. The maximum atomic E-state index is 4.20. The van der Waals surface area contributed by atoms with Gasteiger partial charge in [-0.15, -0.1) is 0 Å². The molecule has 17 heavy (non-hydrogen) atoms. The number of imidazole rings is 1. The van der Waals surface area contributed by atoms with Crippen LogP contribution in [0.2, 0.25) is 0 Å². The minimum absolute atomic E-state index is 0.289. The Morgan fingerprint density at radius 1 is 1.35 bits per heavy atom. The Kier molecular flexibility index (Phi) is 3.58. The topological polar surface area (TPSA) is 47.7 Å². The molecule has 0 spiro atoms. The molecule has 0 saturated carbocycles. The van der Waals surface area contributed by atoms with Gasteiger partial charge in [-0.3, -0.25) is 4.68 Å². The Morgan fingerprint density at radius 2 is 2.18 bits per heavy atom. The van der Waals surface area contributed by atoms with Crippen LogP contribution < -0.4 is 5.32 Å². The highest BCUT2D eigenvalue weighted by Gasteiger charge is 2.15. The van der Waals surface area contributed by atoms with Crippen molar-refractivity contribution in [3.63, 3.8) is 0 Å². The molecule has 1 atom stereocenters. The number of nitrogens with one attached hydrogen (secondary N) is 1. The molecule has 0 amide bonds. The van der Waals surface area contributed by atoms with E-state index in [-0.39, 0.29) is 6.04 Å². The molecule has 0 radical (unpaired) electrons. The molecular formula is C12H19N5. The summed E-state index contributed by atoms with van der Waals surface area (Å²) in [6.45, 7) is 3.06. The van der Waals surface area contributed by atoms with Crippen LogP contribution in [-0.4, -0.2) is 25.9 Å². The summed E-state index contributed by atoms with van der Waals surface area (Å²) in [5, 5.41) is 7.69. The van der Waals surface area contributed by atoms with Gasteiger partial charge in [-0.25, -0.2) is 4.98 Å². The van der Waals surface area contributed by atoms with Gasteiger partial charge in [0.2, 0.25) is 0 Å². The van der Waals surface area contributed by atoms with E-state index >= 15 is 0 Å². The zero-order valence-corrected chi connectivity index (χ0v) is 10.6. The van der Waals surface area contributed by atoms with E-state index in [9.17, 15) is 0 Å². The SMILES string of the molecule is CCNC(Cc1cnn(C)c1)c1cncn1C.